The molecule has 0 aliphatic carbocycles. The van der Waals surface area contributed by atoms with Crippen LogP contribution in [-0.2, 0) is 25.5 Å². The maximum absolute atomic E-state index is 12.9. The van der Waals surface area contributed by atoms with E-state index >= 15 is 0 Å². The number of carbonyl (C=O) groups is 4. The molecule has 1 amide bonds. The largest absolute Gasteiger partial charge is 0.467 e. The van der Waals surface area contributed by atoms with E-state index in [0.717, 1.165) is 5.56 Å². The van der Waals surface area contributed by atoms with Gasteiger partial charge in [0.25, 0.3) is 5.91 Å². The van der Waals surface area contributed by atoms with Gasteiger partial charge in [-0.05, 0) is 35.9 Å². The summed E-state index contributed by atoms with van der Waals surface area (Å²) in [7, 11) is 1.22. The normalized spacial score (nSPS) is 11.2. The first kappa shape index (κ1) is 24.7. The van der Waals surface area contributed by atoms with E-state index in [1.807, 2.05) is 30.3 Å². The minimum atomic E-state index is -0.947. The zero-order chi connectivity index (χ0) is 24.5. The lowest BCUT2D eigenvalue weighted by atomic mass is 9.98. The molecule has 0 bridgehead atoms. The zero-order valence-electron chi connectivity index (χ0n) is 18.3. The fourth-order valence-electron chi connectivity index (χ4n) is 3.25. The molecule has 1 unspecified atom stereocenters. The summed E-state index contributed by atoms with van der Waals surface area (Å²) in [6.45, 7) is -0.634. The van der Waals surface area contributed by atoms with Gasteiger partial charge in [0.05, 0.1) is 12.7 Å². The van der Waals surface area contributed by atoms with Crippen molar-refractivity contribution in [3.05, 3.63) is 106 Å². The van der Waals surface area contributed by atoms with Crippen molar-refractivity contribution in [1.82, 2.24) is 5.32 Å². The van der Waals surface area contributed by atoms with Gasteiger partial charge in [0.1, 0.15) is 6.04 Å². The lowest BCUT2D eigenvalue weighted by Gasteiger charge is -2.17. The first-order valence-electron chi connectivity index (χ1n) is 10.4. The first-order valence-corrected chi connectivity index (χ1v) is 10.7. The molecular weight excluding hydrogens is 458 g/mol. The number of ether oxygens (including phenoxy) is 2. The Bertz CT molecular complexity index is 1180. The number of halogens is 1. The third kappa shape index (κ3) is 6.52. The Morgan fingerprint density at radius 3 is 2.12 bits per heavy atom. The lowest BCUT2D eigenvalue weighted by molar-refractivity contribution is -0.145. The molecule has 3 aromatic rings. The number of carbonyl (C=O) groups excluding carboxylic acids is 4. The SMILES string of the molecule is COC(=O)C(Cc1ccccc1)NC(=O)COC(=O)c1ccccc1C(=O)c1ccc(Cl)cc1. The number of rotatable bonds is 9. The van der Waals surface area contributed by atoms with Crippen molar-refractivity contribution in [2.24, 2.45) is 0 Å². The molecule has 0 saturated heterocycles. The van der Waals surface area contributed by atoms with Crippen molar-refractivity contribution in [3.63, 3.8) is 0 Å². The molecular formula is C26H22ClNO6. The average molecular weight is 480 g/mol. The van der Waals surface area contributed by atoms with Gasteiger partial charge in [-0.2, -0.15) is 0 Å². The molecule has 174 valence electrons. The van der Waals surface area contributed by atoms with Crippen LogP contribution in [0.15, 0.2) is 78.9 Å². The van der Waals surface area contributed by atoms with Gasteiger partial charge in [-0.15, -0.1) is 0 Å². The van der Waals surface area contributed by atoms with E-state index in [1.165, 1.54) is 19.2 Å². The first-order chi connectivity index (χ1) is 16.4. The van der Waals surface area contributed by atoms with E-state index < -0.39 is 30.5 Å². The summed E-state index contributed by atoms with van der Waals surface area (Å²) < 4.78 is 9.89. The van der Waals surface area contributed by atoms with Crippen molar-refractivity contribution in [1.29, 1.82) is 0 Å². The minimum Gasteiger partial charge on any atom is -0.467 e. The number of methoxy groups -OCH3 is 1. The van der Waals surface area contributed by atoms with Crippen molar-refractivity contribution in [3.8, 4) is 0 Å². The summed E-state index contributed by atoms with van der Waals surface area (Å²) in [4.78, 5) is 50.0. The van der Waals surface area contributed by atoms with Gasteiger partial charge in [-0.3, -0.25) is 9.59 Å². The molecule has 8 heteroatoms. The maximum Gasteiger partial charge on any atom is 0.339 e. The molecule has 7 nitrogen and oxygen atoms in total. The zero-order valence-corrected chi connectivity index (χ0v) is 19.1. The predicted octanol–water partition coefficient (Wildman–Crippen LogP) is 3.63. The topological polar surface area (TPSA) is 98.8 Å². The second-order valence-corrected chi connectivity index (χ2v) is 7.73. The van der Waals surface area contributed by atoms with Crippen molar-refractivity contribution < 1.29 is 28.7 Å². The summed E-state index contributed by atoms with van der Waals surface area (Å²) in [6.07, 6.45) is 0.214. The molecule has 0 spiro atoms. The summed E-state index contributed by atoms with van der Waals surface area (Å²) >= 11 is 5.87. The Morgan fingerprint density at radius 1 is 0.853 bits per heavy atom. The highest BCUT2D eigenvalue weighted by Crippen LogP contribution is 2.18. The number of nitrogens with one attached hydrogen (secondary N) is 1. The molecule has 0 aliphatic heterocycles. The highest BCUT2D eigenvalue weighted by Gasteiger charge is 2.24. The Morgan fingerprint density at radius 2 is 1.47 bits per heavy atom. The Labute approximate surface area is 201 Å². The smallest absolute Gasteiger partial charge is 0.339 e. The van der Waals surface area contributed by atoms with Gasteiger partial charge in [-0.25, -0.2) is 9.59 Å². The fourth-order valence-corrected chi connectivity index (χ4v) is 3.37. The third-order valence-corrected chi connectivity index (χ3v) is 5.19. The average Bonchev–Trinajstić information content (AvgIpc) is 2.87. The van der Waals surface area contributed by atoms with Crippen LogP contribution in [0.3, 0.4) is 0 Å². The highest BCUT2D eigenvalue weighted by molar-refractivity contribution is 6.30. The van der Waals surface area contributed by atoms with Crippen LogP contribution in [0.2, 0.25) is 5.02 Å². The van der Waals surface area contributed by atoms with E-state index in [1.54, 1.807) is 36.4 Å². The molecule has 0 heterocycles. The van der Waals surface area contributed by atoms with Gasteiger partial charge in [0, 0.05) is 22.6 Å². The summed E-state index contributed by atoms with van der Waals surface area (Å²) in [5.41, 5.74) is 1.32. The van der Waals surface area contributed by atoms with Crippen molar-refractivity contribution in [2.75, 3.05) is 13.7 Å². The molecule has 0 aliphatic rings. The van der Waals surface area contributed by atoms with E-state index in [-0.39, 0.29) is 23.3 Å². The van der Waals surface area contributed by atoms with E-state index in [9.17, 15) is 19.2 Å². The number of benzene rings is 3. The van der Waals surface area contributed by atoms with Crippen molar-refractivity contribution >= 4 is 35.2 Å². The highest BCUT2D eigenvalue weighted by atomic mass is 35.5. The molecule has 34 heavy (non-hydrogen) atoms. The van der Waals surface area contributed by atoms with Gasteiger partial charge in [0.15, 0.2) is 12.4 Å². The number of amides is 1. The van der Waals surface area contributed by atoms with Gasteiger partial charge < -0.3 is 14.8 Å². The van der Waals surface area contributed by atoms with Crippen LogP contribution in [-0.4, -0.2) is 43.4 Å². The third-order valence-electron chi connectivity index (χ3n) is 4.94. The molecule has 3 rings (SSSR count). The standard InChI is InChI=1S/C26H22ClNO6/c1-33-26(32)22(15-17-7-3-2-4-8-17)28-23(29)16-34-25(31)21-10-6-5-9-20(21)24(30)18-11-13-19(27)14-12-18/h2-14,22H,15-16H2,1H3,(H,28,29). The quantitative estimate of drug-likeness (QED) is 0.371. The van der Waals surface area contributed by atoms with Crippen LogP contribution in [0.5, 0.6) is 0 Å². The Kier molecular flexibility index (Phi) is 8.54. The summed E-state index contributed by atoms with van der Waals surface area (Å²) in [5, 5.41) is 3.00. The van der Waals surface area contributed by atoms with Gasteiger partial charge in [-0.1, -0.05) is 60.1 Å². The van der Waals surface area contributed by atoms with Crippen LogP contribution < -0.4 is 5.32 Å². The minimum absolute atomic E-state index is 0.0176. The van der Waals surface area contributed by atoms with Crippen LogP contribution >= 0.6 is 11.6 Å². The molecule has 0 fully saturated rings. The molecule has 1 atom stereocenters. The maximum atomic E-state index is 12.9. The molecule has 3 aromatic carbocycles. The van der Waals surface area contributed by atoms with Crippen LogP contribution in [0.25, 0.3) is 0 Å². The van der Waals surface area contributed by atoms with Crippen LogP contribution in [0, 0.1) is 0 Å². The number of ketones is 1. The van der Waals surface area contributed by atoms with E-state index in [2.05, 4.69) is 5.32 Å². The number of esters is 2. The lowest BCUT2D eigenvalue weighted by Crippen LogP contribution is -2.44. The monoisotopic (exact) mass is 479 g/mol. The summed E-state index contributed by atoms with van der Waals surface area (Å²) in [6, 6.07) is 20.6. The van der Waals surface area contributed by atoms with Crippen molar-refractivity contribution in [2.45, 2.75) is 12.5 Å². The second-order valence-electron chi connectivity index (χ2n) is 7.29. The molecule has 0 radical (unpaired) electrons. The van der Waals surface area contributed by atoms with Crippen LogP contribution in [0.4, 0.5) is 0 Å². The predicted molar refractivity (Wildman–Crippen MR) is 126 cm³/mol. The fraction of sp³-hybridized carbons (Fsp3) is 0.154. The van der Waals surface area contributed by atoms with E-state index in [4.69, 9.17) is 21.1 Å². The summed E-state index contributed by atoms with van der Waals surface area (Å²) in [5.74, 6) is -2.53. The second kappa shape index (κ2) is 11.8. The molecule has 0 aromatic heterocycles. The molecule has 1 N–H and O–H groups in total. The number of hydrogen-bond donors (Lipinski definition) is 1. The van der Waals surface area contributed by atoms with Crippen LogP contribution in [0.1, 0.15) is 31.8 Å². The van der Waals surface area contributed by atoms with Gasteiger partial charge in [0.2, 0.25) is 0 Å². The van der Waals surface area contributed by atoms with E-state index in [0.29, 0.717) is 10.6 Å². The molecule has 0 saturated carbocycles. The Hall–Kier alpha value is -3.97. The Balaban J connectivity index is 1.65. The number of hydrogen-bond acceptors (Lipinski definition) is 6. The van der Waals surface area contributed by atoms with Gasteiger partial charge >= 0.3 is 11.9 Å².